The second-order valence-electron chi connectivity index (χ2n) is 4.50. The van der Waals surface area contributed by atoms with E-state index in [0.29, 0.717) is 6.54 Å². The summed E-state index contributed by atoms with van der Waals surface area (Å²) in [5.41, 5.74) is 0.776. The molecule has 0 aliphatic carbocycles. The smallest absolute Gasteiger partial charge is 0.242 e. The van der Waals surface area contributed by atoms with E-state index in [-0.39, 0.29) is 4.90 Å². The zero-order chi connectivity index (χ0) is 15.6. The van der Waals surface area contributed by atoms with Gasteiger partial charge in [-0.15, -0.1) is 11.3 Å². The number of halogens is 2. The van der Waals surface area contributed by atoms with Crippen LogP contribution in [0.25, 0.3) is 0 Å². The van der Waals surface area contributed by atoms with Crippen molar-refractivity contribution in [3.63, 3.8) is 0 Å². The van der Waals surface area contributed by atoms with Crippen molar-refractivity contribution in [1.82, 2.24) is 4.31 Å². The highest BCUT2D eigenvalue weighted by molar-refractivity contribution is 9.13. The van der Waals surface area contributed by atoms with Gasteiger partial charge < -0.3 is 5.32 Å². The van der Waals surface area contributed by atoms with E-state index in [0.717, 1.165) is 18.8 Å². The van der Waals surface area contributed by atoms with Crippen LogP contribution in [-0.2, 0) is 16.6 Å². The van der Waals surface area contributed by atoms with Gasteiger partial charge in [0, 0.05) is 35.7 Å². The molecule has 2 aromatic rings. The summed E-state index contributed by atoms with van der Waals surface area (Å²) in [5, 5.41) is 3.24. The molecule has 0 amide bonds. The molecule has 0 saturated heterocycles. The van der Waals surface area contributed by atoms with E-state index in [1.54, 1.807) is 29.5 Å². The van der Waals surface area contributed by atoms with Crippen molar-refractivity contribution >= 4 is 58.9 Å². The number of rotatable bonds is 5. The van der Waals surface area contributed by atoms with Gasteiger partial charge in [0.05, 0.1) is 8.68 Å². The van der Waals surface area contributed by atoms with Gasteiger partial charge in [-0.1, -0.05) is 6.07 Å². The quantitative estimate of drug-likeness (QED) is 0.740. The molecule has 1 heterocycles. The molecule has 0 aliphatic heterocycles. The van der Waals surface area contributed by atoms with Gasteiger partial charge in [0.1, 0.15) is 0 Å². The van der Waals surface area contributed by atoms with E-state index >= 15 is 0 Å². The molecule has 0 atom stereocenters. The fourth-order valence-corrected chi connectivity index (χ4v) is 4.71. The molecule has 1 aromatic heterocycles. The maximum absolute atomic E-state index is 12.1. The lowest BCUT2D eigenvalue weighted by Gasteiger charge is -2.12. The molecule has 0 unspecified atom stereocenters. The van der Waals surface area contributed by atoms with Crippen molar-refractivity contribution in [3.05, 3.63) is 43.5 Å². The van der Waals surface area contributed by atoms with Crippen molar-refractivity contribution in [2.45, 2.75) is 11.4 Å². The molecule has 0 fully saturated rings. The lowest BCUT2D eigenvalue weighted by Crippen LogP contribution is -2.22. The summed E-state index contributed by atoms with van der Waals surface area (Å²) in [6.45, 7) is 0.639. The normalized spacial score (nSPS) is 11.9. The van der Waals surface area contributed by atoms with Crippen LogP contribution in [0.1, 0.15) is 4.88 Å². The van der Waals surface area contributed by atoms with Gasteiger partial charge in [-0.3, -0.25) is 0 Å². The zero-order valence-corrected chi connectivity index (χ0v) is 16.2. The summed E-state index contributed by atoms with van der Waals surface area (Å²) >= 11 is 8.53. The fourth-order valence-electron chi connectivity index (χ4n) is 1.65. The van der Waals surface area contributed by atoms with Gasteiger partial charge >= 0.3 is 0 Å². The van der Waals surface area contributed by atoms with Crippen molar-refractivity contribution < 1.29 is 8.42 Å². The van der Waals surface area contributed by atoms with Crippen LogP contribution in [0.3, 0.4) is 0 Å². The highest BCUT2D eigenvalue weighted by Gasteiger charge is 2.17. The largest absolute Gasteiger partial charge is 0.380 e. The Labute approximate surface area is 145 Å². The third-order valence-electron chi connectivity index (χ3n) is 2.78. The second-order valence-corrected chi connectivity index (χ2v) is 9.96. The van der Waals surface area contributed by atoms with Crippen molar-refractivity contribution in [2.24, 2.45) is 0 Å². The van der Waals surface area contributed by atoms with Crippen molar-refractivity contribution in [1.29, 1.82) is 0 Å². The molecule has 21 heavy (non-hydrogen) atoms. The topological polar surface area (TPSA) is 49.4 Å². The third-order valence-corrected chi connectivity index (χ3v) is 7.84. The molecule has 1 aromatic carbocycles. The second kappa shape index (κ2) is 6.78. The highest BCUT2D eigenvalue weighted by atomic mass is 79.9. The van der Waals surface area contributed by atoms with E-state index in [1.807, 2.05) is 12.1 Å². The molecule has 0 aliphatic rings. The van der Waals surface area contributed by atoms with Crippen LogP contribution in [0.15, 0.2) is 43.5 Å². The predicted molar refractivity (Wildman–Crippen MR) is 94.4 cm³/mol. The van der Waals surface area contributed by atoms with Crippen LogP contribution in [-0.4, -0.2) is 26.8 Å². The number of hydrogen-bond acceptors (Lipinski definition) is 4. The molecule has 0 radical (unpaired) electrons. The van der Waals surface area contributed by atoms with E-state index < -0.39 is 10.0 Å². The number of sulfonamides is 1. The molecule has 0 bridgehead atoms. The Morgan fingerprint density at radius 3 is 2.52 bits per heavy atom. The summed E-state index contributed by atoms with van der Waals surface area (Å²) in [4.78, 5) is 1.43. The molecular formula is C13H14Br2N2O2S2. The van der Waals surface area contributed by atoms with Crippen LogP contribution in [0, 0.1) is 0 Å². The minimum absolute atomic E-state index is 0.283. The Bertz CT molecular complexity index is 723. The van der Waals surface area contributed by atoms with Crippen LogP contribution < -0.4 is 5.32 Å². The molecule has 2 rings (SSSR count). The molecule has 0 saturated carbocycles. The number of hydrogen-bond donors (Lipinski definition) is 1. The summed E-state index contributed by atoms with van der Waals surface area (Å²) in [6, 6.07) is 8.86. The Balaban J connectivity index is 2.15. The number of thiophene rings is 1. The maximum Gasteiger partial charge on any atom is 0.242 e. The van der Waals surface area contributed by atoms with Crippen molar-refractivity contribution in [2.75, 3.05) is 19.4 Å². The summed E-state index contributed by atoms with van der Waals surface area (Å²) < 4.78 is 27.5. The van der Waals surface area contributed by atoms with E-state index in [2.05, 4.69) is 37.2 Å². The third kappa shape index (κ3) is 4.07. The summed E-state index contributed by atoms with van der Waals surface area (Å²) in [6.07, 6.45) is 0. The average molecular weight is 454 g/mol. The minimum Gasteiger partial charge on any atom is -0.380 e. The first kappa shape index (κ1) is 17.0. The molecule has 1 N–H and O–H groups in total. The lowest BCUT2D eigenvalue weighted by atomic mass is 10.3. The first-order chi connectivity index (χ1) is 9.80. The monoisotopic (exact) mass is 452 g/mol. The highest BCUT2D eigenvalue weighted by Crippen LogP contribution is 2.32. The van der Waals surface area contributed by atoms with Crippen LogP contribution >= 0.6 is 43.2 Å². The number of benzene rings is 1. The Kier molecular flexibility index (Phi) is 5.48. The molecule has 4 nitrogen and oxygen atoms in total. The van der Waals surface area contributed by atoms with Crippen LogP contribution in [0.5, 0.6) is 0 Å². The van der Waals surface area contributed by atoms with Gasteiger partial charge in [0.25, 0.3) is 0 Å². The Morgan fingerprint density at radius 1 is 1.24 bits per heavy atom. The van der Waals surface area contributed by atoms with Crippen LogP contribution in [0.2, 0.25) is 0 Å². The van der Waals surface area contributed by atoms with Gasteiger partial charge in [0.2, 0.25) is 10.0 Å². The molecule has 8 heteroatoms. The summed E-state index contributed by atoms with van der Waals surface area (Å²) in [5.74, 6) is 0. The molecular weight excluding hydrogens is 440 g/mol. The predicted octanol–water partition coefficient (Wildman–Crippen LogP) is 4.14. The van der Waals surface area contributed by atoms with E-state index in [4.69, 9.17) is 0 Å². The van der Waals surface area contributed by atoms with Gasteiger partial charge in [0.15, 0.2) is 0 Å². The fraction of sp³-hybridized carbons (Fsp3) is 0.231. The van der Waals surface area contributed by atoms with Crippen molar-refractivity contribution in [3.8, 4) is 0 Å². The number of anilines is 1. The first-order valence-corrected chi connectivity index (χ1v) is 9.85. The standard InChI is InChI=1S/C13H14Br2N2O2S2/c1-17(2)21(18,19)11-5-3-4-9(6-11)16-8-10-7-12(14)13(15)20-10/h3-7,16H,8H2,1-2H3. The lowest BCUT2D eigenvalue weighted by molar-refractivity contribution is 0.521. The van der Waals surface area contributed by atoms with Gasteiger partial charge in [-0.25, -0.2) is 12.7 Å². The maximum atomic E-state index is 12.1. The van der Waals surface area contributed by atoms with Gasteiger partial charge in [-0.05, 0) is 56.1 Å². The Hall–Kier alpha value is -0.410. The zero-order valence-electron chi connectivity index (χ0n) is 11.4. The number of nitrogens with one attached hydrogen (secondary N) is 1. The van der Waals surface area contributed by atoms with Crippen LogP contribution in [0.4, 0.5) is 5.69 Å². The molecule has 0 spiro atoms. The SMILES string of the molecule is CN(C)S(=O)(=O)c1cccc(NCc2cc(Br)c(Br)s2)c1. The summed E-state index contributed by atoms with van der Waals surface area (Å²) in [7, 11) is -0.356. The van der Waals surface area contributed by atoms with E-state index in [1.165, 1.54) is 18.4 Å². The Morgan fingerprint density at radius 2 is 1.95 bits per heavy atom. The molecule has 114 valence electrons. The van der Waals surface area contributed by atoms with E-state index in [9.17, 15) is 8.42 Å². The van der Waals surface area contributed by atoms with Gasteiger partial charge in [-0.2, -0.15) is 0 Å². The minimum atomic E-state index is -3.40. The average Bonchev–Trinajstić information content (AvgIpc) is 2.76. The first-order valence-electron chi connectivity index (χ1n) is 6.01. The number of nitrogens with zero attached hydrogens (tertiary/aromatic N) is 1.